The third-order valence-corrected chi connectivity index (χ3v) is 2.71. The predicted molar refractivity (Wildman–Crippen MR) is 66.1 cm³/mol. The highest BCUT2D eigenvalue weighted by Gasteiger charge is 2.04. The highest BCUT2D eigenvalue weighted by atomic mass is 35.5. The molecule has 0 radical (unpaired) electrons. The Balaban J connectivity index is 2.33. The fourth-order valence-corrected chi connectivity index (χ4v) is 1.71. The van der Waals surface area contributed by atoms with Crippen molar-refractivity contribution in [3.8, 4) is 5.69 Å². The maximum absolute atomic E-state index is 5.85. The number of benzene rings is 1. The standard InChI is InChI=1S/C12H14ClN3/c1-9-10(7-14-2)8-16(15-9)12-5-3-11(13)4-6-12/h3-6,8,14H,7H2,1-2H3. The van der Waals surface area contributed by atoms with Crippen LogP contribution >= 0.6 is 11.6 Å². The lowest BCUT2D eigenvalue weighted by Crippen LogP contribution is -2.05. The lowest BCUT2D eigenvalue weighted by molar-refractivity contribution is 0.812. The maximum Gasteiger partial charge on any atom is 0.0646 e. The smallest absolute Gasteiger partial charge is 0.0646 e. The number of hydrogen-bond acceptors (Lipinski definition) is 2. The Morgan fingerprint density at radius 1 is 1.31 bits per heavy atom. The molecule has 84 valence electrons. The molecule has 0 amide bonds. The van der Waals surface area contributed by atoms with E-state index in [1.807, 2.05) is 49.1 Å². The largest absolute Gasteiger partial charge is 0.316 e. The zero-order valence-corrected chi connectivity index (χ0v) is 10.1. The maximum atomic E-state index is 5.85. The van der Waals surface area contributed by atoms with Gasteiger partial charge in [-0.2, -0.15) is 5.10 Å². The quantitative estimate of drug-likeness (QED) is 0.886. The second-order valence-corrected chi connectivity index (χ2v) is 4.13. The Labute approximate surface area is 100 Å². The fraction of sp³-hybridized carbons (Fsp3) is 0.250. The molecule has 0 aliphatic rings. The molecular weight excluding hydrogens is 222 g/mol. The summed E-state index contributed by atoms with van der Waals surface area (Å²) in [4.78, 5) is 0. The second kappa shape index (κ2) is 4.68. The third kappa shape index (κ3) is 2.26. The Morgan fingerprint density at radius 3 is 2.62 bits per heavy atom. The molecule has 0 aliphatic carbocycles. The van der Waals surface area contributed by atoms with Crippen LogP contribution in [0.4, 0.5) is 0 Å². The molecule has 0 fully saturated rings. The summed E-state index contributed by atoms with van der Waals surface area (Å²) in [7, 11) is 1.93. The topological polar surface area (TPSA) is 29.9 Å². The Hall–Kier alpha value is -1.32. The number of rotatable bonds is 3. The summed E-state index contributed by atoms with van der Waals surface area (Å²) < 4.78 is 1.87. The molecule has 1 heterocycles. The molecule has 0 atom stereocenters. The van der Waals surface area contributed by atoms with Gasteiger partial charge in [-0.15, -0.1) is 0 Å². The number of hydrogen-bond donors (Lipinski definition) is 1. The molecule has 0 unspecified atom stereocenters. The van der Waals surface area contributed by atoms with Crippen molar-refractivity contribution in [3.05, 3.63) is 46.7 Å². The first-order chi connectivity index (χ1) is 7.70. The molecule has 3 nitrogen and oxygen atoms in total. The van der Waals surface area contributed by atoms with E-state index in [1.165, 1.54) is 5.56 Å². The molecular formula is C12H14ClN3. The van der Waals surface area contributed by atoms with Crippen molar-refractivity contribution in [2.45, 2.75) is 13.5 Å². The van der Waals surface area contributed by atoms with Crippen molar-refractivity contribution < 1.29 is 0 Å². The van der Waals surface area contributed by atoms with E-state index in [-0.39, 0.29) is 0 Å². The number of halogens is 1. The molecule has 0 aliphatic heterocycles. The normalized spacial score (nSPS) is 10.7. The number of aryl methyl sites for hydroxylation is 1. The molecule has 0 bridgehead atoms. The van der Waals surface area contributed by atoms with Crippen LogP contribution in [-0.4, -0.2) is 16.8 Å². The van der Waals surface area contributed by atoms with Gasteiger partial charge in [-0.25, -0.2) is 4.68 Å². The minimum absolute atomic E-state index is 0.739. The van der Waals surface area contributed by atoms with Gasteiger partial charge in [-0.3, -0.25) is 0 Å². The number of aromatic nitrogens is 2. The zero-order chi connectivity index (χ0) is 11.5. The summed E-state index contributed by atoms with van der Waals surface area (Å²) >= 11 is 5.85. The van der Waals surface area contributed by atoms with Crippen LogP contribution in [0.15, 0.2) is 30.5 Å². The highest BCUT2D eigenvalue weighted by Crippen LogP contribution is 2.15. The molecule has 1 aromatic heterocycles. The first-order valence-corrected chi connectivity index (χ1v) is 5.54. The van der Waals surface area contributed by atoms with E-state index < -0.39 is 0 Å². The van der Waals surface area contributed by atoms with Crippen molar-refractivity contribution in [2.24, 2.45) is 0 Å². The van der Waals surface area contributed by atoms with E-state index in [4.69, 9.17) is 11.6 Å². The summed E-state index contributed by atoms with van der Waals surface area (Å²) in [6.07, 6.45) is 2.04. The second-order valence-electron chi connectivity index (χ2n) is 3.69. The highest BCUT2D eigenvalue weighted by molar-refractivity contribution is 6.30. The van der Waals surface area contributed by atoms with Crippen molar-refractivity contribution in [1.29, 1.82) is 0 Å². The zero-order valence-electron chi connectivity index (χ0n) is 9.37. The summed E-state index contributed by atoms with van der Waals surface area (Å²) in [5, 5.41) is 8.33. The minimum atomic E-state index is 0.739. The van der Waals surface area contributed by atoms with Crippen LogP contribution in [0.5, 0.6) is 0 Å². The first-order valence-electron chi connectivity index (χ1n) is 5.16. The van der Waals surface area contributed by atoms with Crippen LogP contribution in [0.25, 0.3) is 5.69 Å². The number of nitrogens with one attached hydrogen (secondary N) is 1. The SMILES string of the molecule is CNCc1cn(-c2ccc(Cl)cc2)nc1C. The van der Waals surface area contributed by atoms with Crippen LogP contribution < -0.4 is 5.32 Å². The summed E-state index contributed by atoms with van der Waals surface area (Å²) in [6, 6.07) is 7.65. The molecule has 2 rings (SSSR count). The van der Waals surface area contributed by atoms with E-state index in [0.29, 0.717) is 0 Å². The van der Waals surface area contributed by atoms with Gasteiger partial charge in [0.05, 0.1) is 11.4 Å². The monoisotopic (exact) mass is 235 g/mol. The van der Waals surface area contributed by atoms with E-state index in [2.05, 4.69) is 10.4 Å². The van der Waals surface area contributed by atoms with Gasteiger partial charge in [0.25, 0.3) is 0 Å². The lowest BCUT2D eigenvalue weighted by Gasteiger charge is -2.00. The Kier molecular flexibility index (Phi) is 3.27. The van der Waals surface area contributed by atoms with Gasteiger partial charge in [0.2, 0.25) is 0 Å². The average Bonchev–Trinajstić information content (AvgIpc) is 2.62. The molecule has 0 spiro atoms. The van der Waals surface area contributed by atoms with Crippen molar-refractivity contribution in [1.82, 2.24) is 15.1 Å². The van der Waals surface area contributed by atoms with Crippen LogP contribution in [0.1, 0.15) is 11.3 Å². The Bertz CT molecular complexity index is 474. The van der Waals surface area contributed by atoms with Crippen LogP contribution in [-0.2, 0) is 6.54 Å². The predicted octanol–water partition coefficient (Wildman–Crippen LogP) is 2.55. The van der Waals surface area contributed by atoms with Crippen LogP contribution in [0.2, 0.25) is 5.02 Å². The lowest BCUT2D eigenvalue weighted by atomic mass is 10.2. The molecule has 1 N–H and O–H groups in total. The summed E-state index contributed by atoms with van der Waals surface area (Å²) in [5.41, 5.74) is 3.27. The van der Waals surface area contributed by atoms with Gasteiger partial charge >= 0.3 is 0 Å². The van der Waals surface area contributed by atoms with Crippen molar-refractivity contribution in [2.75, 3.05) is 7.05 Å². The molecule has 16 heavy (non-hydrogen) atoms. The first kappa shape index (κ1) is 11.2. The van der Waals surface area contributed by atoms with Crippen molar-refractivity contribution in [3.63, 3.8) is 0 Å². The average molecular weight is 236 g/mol. The van der Waals surface area contributed by atoms with Gasteiger partial charge < -0.3 is 5.32 Å². The molecule has 0 saturated carbocycles. The summed E-state index contributed by atoms with van der Waals surface area (Å²) in [6.45, 7) is 2.85. The third-order valence-electron chi connectivity index (χ3n) is 2.46. The van der Waals surface area contributed by atoms with Gasteiger partial charge in [0.1, 0.15) is 0 Å². The van der Waals surface area contributed by atoms with E-state index >= 15 is 0 Å². The fourth-order valence-electron chi connectivity index (χ4n) is 1.59. The molecule has 1 aromatic carbocycles. The molecule has 0 saturated heterocycles. The van der Waals surface area contributed by atoms with Gasteiger partial charge in [0, 0.05) is 23.3 Å². The van der Waals surface area contributed by atoms with E-state index in [1.54, 1.807) is 0 Å². The van der Waals surface area contributed by atoms with E-state index in [0.717, 1.165) is 22.9 Å². The minimum Gasteiger partial charge on any atom is -0.316 e. The Morgan fingerprint density at radius 2 is 2.00 bits per heavy atom. The number of nitrogens with zero attached hydrogens (tertiary/aromatic N) is 2. The van der Waals surface area contributed by atoms with Gasteiger partial charge in [-0.05, 0) is 38.2 Å². The van der Waals surface area contributed by atoms with Gasteiger partial charge in [-0.1, -0.05) is 11.6 Å². The van der Waals surface area contributed by atoms with Crippen LogP contribution in [0.3, 0.4) is 0 Å². The van der Waals surface area contributed by atoms with Gasteiger partial charge in [0.15, 0.2) is 0 Å². The van der Waals surface area contributed by atoms with E-state index in [9.17, 15) is 0 Å². The molecule has 4 heteroatoms. The van der Waals surface area contributed by atoms with Crippen molar-refractivity contribution >= 4 is 11.6 Å². The van der Waals surface area contributed by atoms with Crippen LogP contribution in [0, 0.1) is 6.92 Å². The molecule has 2 aromatic rings. The summed E-state index contributed by atoms with van der Waals surface area (Å²) in [5.74, 6) is 0.